The van der Waals surface area contributed by atoms with Crippen molar-refractivity contribution in [1.82, 2.24) is 0 Å². The number of aliphatic hydroxyl groups excluding tert-OH is 1. The van der Waals surface area contributed by atoms with E-state index in [4.69, 9.17) is 15.6 Å². The van der Waals surface area contributed by atoms with Gasteiger partial charge >= 0.3 is 11.9 Å². The normalized spacial score (nSPS) is 15.5. The van der Waals surface area contributed by atoms with Crippen LogP contribution in [0.4, 0.5) is 0 Å². The Kier molecular flexibility index (Phi) is 4.70. The fraction of sp³-hybridized carbons (Fsp3) is 0.778. The molecule has 0 saturated carbocycles. The molecule has 0 aliphatic rings. The Morgan fingerprint density at radius 1 is 1.47 bits per heavy atom. The molecule has 0 aliphatic heterocycles. The van der Waals surface area contributed by atoms with E-state index in [-0.39, 0.29) is 6.61 Å². The van der Waals surface area contributed by atoms with Gasteiger partial charge in [-0.05, 0) is 6.92 Å². The number of carboxylic acids is 1. The monoisotopic (exact) mass is 219 g/mol. The second-order valence-electron chi connectivity index (χ2n) is 4.13. The van der Waals surface area contributed by atoms with Crippen molar-refractivity contribution in [2.45, 2.75) is 32.9 Å². The highest BCUT2D eigenvalue weighted by atomic mass is 16.5. The first-order chi connectivity index (χ1) is 6.68. The number of carbonyl (C=O) groups excluding carboxylic acids is 1. The van der Waals surface area contributed by atoms with E-state index >= 15 is 0 Å². The van der Waals surface area contributed by atoms with Crippen molar-refractivity contribution in [3.05, 3.63) is 0 Å². The van der Waals surface area contributed by atoms with Crippen LogP contribution in [0.15, 0.2) is 0 Å². The Bertz CT molecular complexity index is 249. The van der Waals surface area contributed by atoms with Crippen molar-refractivity contribution in [2.24, 2.45) is 11.1 Å². The van der Waals surface area contributed by atoms with Gasteiger partial charge in [-0.3, -0.25) is 4.79 Å². The number of ether oxygens (including phenoxy) is 1. The smallest absolute Gasteiger partial charge is 0.333 e. The average molecular weight is 219 g/mol. The van der Waals surface area contributed by atoms with Crippen molar-refractivity contribution in [2.75, 3.05) is 6.61 Å². The van der Waals surface area contributed by atoms with Crippen LogP contribution in [0.2, 0.25) is 0 Å². The molecule has 1 unspecified atom stereocenters. The third kappa shape index (κ3) is 4.26. The van der Waals surface area contributed by atoms with Crippen LogP contribution in [0.1, 0.15) is 20.8 Å². The summed E-state index contributed by atoms with van der Waals surface area (Å²) in [6.07, 6.45) is -1.58. The number of hydrogen-bond donors (Lipinski definition) is 3. The summed E-state index contributed by atoms with van der Waals surface area (Å²) in [5.74, 6) is -1.97. The molecule has 0 fully saturated rings. The van der Waals surface area contributed by atoms with Gasteiger partial charge in [0.1, 0.15) is 6.04 Å². The topological polar surface area (TPSA) is 110 Å². The number of hydrogen-bond acceptors (Lipinski definition) is 5. The molecule has 0 aromatic rings. The number of aliphatic carboxylic acids is 1. The van der Waals surface area contributed by atoms with Crippen molar-refractivity contribution in [1.29, 1.82) is 0 Å². The minimum atomic E-state index is -1.58. The van der Waals surface area contributed by atoms with E-state index in [0.29, 0.717) is 0 Å². The lowest BCUT2D eigenvalue weighted by Gasteiger charge is -2.27. The summed E-state index contributed by atoms with van der Waals surface area (Å²) >= 11 is 0. The summed E-state index contributed by atoms with van der Waals surface area (Å²) in [5, 5.41) is 17.9. The molecule has 0 spiro atoms. The van der Waals surface area contributed by atoms with Gasteiger partial charge in [-0.2, -0.15) is 0 Å². The summed E-state index contributed by atoms with van der Waals surface area (Å²) < 4.78 is 4.75. The maximum atomic E-state index is 11.0. The fourth-order valence-electron chi connectivity index (χ4n) is 0.802. The molecule has 0 aromatic carbocycles. The van der Waals surface area contributed by atoms with Gasteiger partial charge in [0, 0.05) is 5.41 Å². The summed E-state index contributed by atoms with van der Waals surface area (Å²) in [7, 11) is 0. The van der Waals surface area contributed by atoms with Crippen molar-refractivity contribution in [3.8, 4) is 0 Å². The molecule has 0 radical (unpaired) electrons. The van der Waals surface area contributed by atoms with E-state index in [1.165, 1.54) is 20.8 Å². The third-order valence-corrected chi connectivity index (χ3v) is 1.93. The number of aliphatic hydroxyl groups is 1. The average Bonchev–Trinajstić information content (AvgIpc) is 2.12. The molecule has 0 amide bonds. The minimum Gasteiger partial charge on any atom is -0.479 e. The standard InChI is InChI=1S/C9H17NO5/c1-5(10)8(14)15-4-9(2,3)6(11)7(12)13/h5-6,11H,4,10H2,1-3H3,(H,12,13)/t5-,6?/m1/s1. The predicted octanol–water partition coefficient (Wildman–Crippen LogP) is -0.652. The molecule has 0 aromatic heterocycles. The summed E-state index contributed by atoms with van der Waals surface area (Å²) in [6, 6.07) is -0.761. The molecule has 4 N–H and O–H groups in total. The van der Waals surface area contributed by atoms with Gasteiger partial charge in [-0.25, -0.2) is 4.79 Å². The first-order valence-corrected chi connectivity index (χ1v) is 4.51. The number of carbonyl (C=O) groups is 2. The summed E-state index contributed by atoms with van der Waals surface area (Å²) in [5.41, 5.74) is 4.20. The SMILES string of the molecule is C[C@@H](N)C(=O)OCC(C)(C)C(O)C(=O)O. The van der Waals surface area contributed by atoms with Gasteiger partial charge in [0.15, 0.2) is 6.10 Å². The van der Waals surface area contributed by atoms with E-state index in [1.807, 2.05) is 0 Å². The maximum absolute atomic E-state index is 11.0. The zero-order valence-corrected chi connectivity index (χ0v) is 9.06. The fourth-order valence-corrected chi connectivity index (χ4v) is 0.802. The molecule has 0 rings (SSSR count). The Labute approximate surface area is 88.0 Å². The van der Waals surface area contributed by atoms with Gasteiger partial charge in [0.2, 0.25) is 0 Å². The van der Waals surface area contributed by atoms with Gasteiger partial charge in [-0.1, -0.05) is 13.8 Å². The molecule has 0 saturated heterocycles. The van der Waals surface area contributed by atoms with Crippen molar-refractivity contribution >= 4 is 11.9 Å². The largest absolute Gasteiger partial charge is 0.479 e. The maximum Gasteiger partial charge on any atom is 0.333 e. The van der Waals surface area contributed by atoms with E-state index in [0.717, 1.165) is 0 Å². The first-order valence-electron chi connectivity index (χ1n) is 4.51. The molecule has 15 heavy (non-hydrogen) atoms. The number of carboxylic acid groups (broad SMARTS) is 1. The van der Waals surface area contributed by atoms with Crippen LogP contribution in [0.3, 0.4) is 0 Å². The summed E-state index contributed by atoms with van der Waals surface area (Å²) in [6.45, 7) is 4.24. The Hall–Kier alpha value is -1.14. The van der Waals surface area contributed by atoms with Crippen LogP contribution in [0, 0.1) is 5.41 Å². The number of rotatable bonds is 5. The molecule has 0 bridgehead atoms. The summed E-state index contributed by atoms with van der Waals surface area (Å²) in [4.78, 5) is 21.5. The van der Waals surface area contributed by atoms with Gasteiger partial charge in [-0.15, -0.1) is 0 Å². The van der Waals surface area contributed by atoms with E-state index in [9.17, 15) is 14.7 Å². The van der Waals surface area contributed by atoms with Crippen molar-refractivity contribution in [3.63, 3.8) is 0 Å². The van der Waals surface area contributed by atoms with E-state index < -0.39 is 29.5 Å². The highest BCUT2D eigenvalue weighted by molar-refractivity contribution is 5.75. The molecule has 6 nitrogen and oxygen atoms in total. The quantitative estimate of drug-likeness (QED) is 0.530. The molecule has 2 atom stereocenters. The van der Waals surface area contributed by atoms with Crippen LogP contribution in [-0.2, 0) is 14.3 Å². The molecule has 6 heteroatoms. The van der Waals surface area contributed by atoms with E-state index in [2.05, 4.69) is 0 Å². The lowest BCUT2D eigenvalue weighted by molar-refractivity contribution is -0.162. The van der Waals surface area contributed by atoms with Crippen LogP contribution in [0.5, 0.6) is 0 Å². The molecular formula is C9H17NO5. The van der Waals surface area contributed by atoms with Crippen LogP contribution >= 0.6 is 0 Å². The van der Waals surface area contributed by atoms with Gasteiger partial charge in [0.05, 0.1) is 6.61 Å². The number of nitrogens with two attached hydrogens (primary N) is 1. The minimum absolute atomic E-state index is 0.194. The van der Waals surface area contributed by atoms with Crippen LogP contribution in [0.25, 0.3) is 0 Å². The van der Waals surface area contributed by atoms with Crippen LogP contribution < -0.4 is 5.73 Å². The Balaban J connectivity index is 4.27. The van der Waals surface area contributed by atoms with Gasteiger partial charge in [0.25, 0.3) is 0 Å². The molecule has 0 aliphatic carbocycles. The second-order valence-corrected chi connectivity index (χ2v) is 4.13. The molecule has 0 heterocycles. The van der Waals surface area contributed by atoms with Gasteiger partial charge < -0.3 is 20.7 Å². The highest BCUT2D eigenvalue weighted by Crippen LogP contribution is 2.21. The molecular weight excluding hydrogens is 202 g/mol. The zero-order valence-electron chi connectivity index (χ0n) is 9.06. The van der Waals surface area contributed by atoms with Crippen molar-refractivity contribution < 1.29 is 24.5 Å². The highest BCUT2D eigenvalue weighted by Gasteiger charge is 2.35. The van der Waals surface area contributed by atoms with Crippen LogP contribution in [-0.4, -0.2) is 40.9 Å². The second kappa shape index (κ2) is 5.09. The first kappa shape index (κ1) is 13.9. The van der Waals surface area contributed by atoms with E-state index in [1.54, 1.807) is 0 Å². The molecule has 88 valence electrons. The Morgan fingerprint density at radius 3 is 2.27 bits per heavy atom. The lowest BCUT2D eigenvalue weighted by Crippen LogP contribution is -2.41. The zero-order chi connectivity index (χ0) is 12.2. The lowest BCUT2D eigenvalue weighted by atomic mass is 9.87. The number of esters is 1. The predicted molar refractivity (Wildman–Crippen MR) is 52.0 cm³/mol. The third-order valence-electron chi connectivity index (χ3n) is 1.93. The Morgan fingerprint density at radius 2 is 1.93 bits per heavy atom.